The number of hydrogen-bond donors (Lipinski definition) is 1. The van der Waals surface area contributed by atoms with Crippen molar-refractivity contribution in [2.75, 3.05) is 13.2 Å². The zero-order valence-electron chi connectivity index (χ0n) is 18.8. The minimum Gasteiger partial charge on any atom is -0.465 e. The van der Waals surface area contributed by atoms with Crippen molar-refractivity contribution in [3.63, 3.8) is 0 Å². The van der Waals surface area contributed by atoms with Crippen LogP contribution in [0.4, 0.5) is 0 Å². The second-order valence-corrected chi connectivity index (χ2v) is 8.39. The van der Waals surface area contributed by atoms with Gasteiger partial charge in [-0.05, 0) is 75.3 Å². The molecule has 0 unspecified atom stereocenters. The van der Waals surface area contributed by atoms with E-state index in [1.54, 1.807) is 6.20 Å². The van der Waals surface area contributed by atoms with Gasteiger partial charge in [0.1, 0.15) is 6.54 Å². The summed E-state index contributed by atoms with van der Waals surface area (Å²) < 4.78 is 7.50. The molecule has 4 rings (SSSR count). The van der Waals surface area contributed by atoms with E-state index in [9.17, 15) is 4.79 Å². The van der Waals surface area contributed by atoms with Gasteiger partial charge >= 0.3 is 5.97 Å². The predicted molar refractivity (Wildman–Crippen MR) is 129 cm³/mol. The molecule has 3 aromatic rings. The molecule has 1 aliphatic rings. The Labute approximate surface area is 194 Å². The number of benzene rings is 1. The molecule has 0 radical (unpaired) electrons. The highest BCUT2D eigenvalue weighted by Gasteiger charge is 2.42. The first-order valence-corrected chi connectivity index (χ1v) is 11.2. The number of aryl methyl sites for hydroxylation is 2. The number of hydrogen-bond acceptors (Lipinski definition) is 4. The Hall–Kier alpha value is -3.19. The summed E-state index contributed by atoms with van der Waals surface area (Å²) in [4.78, 5) is 18.9. The van der Waals surface area contributed by atoms with Crippen LogP contribution in [0.1, 0.15) is 47.2 Å². The standard InChI is InChI=1S/C25H28N4O2S/c1-5-31-22(30)15-28-24(23(27-25(28)32)20-11-8-9-13-26-20)19-14-17(3)29(18(19)4)21-12-7-6-10-16(21)2/h6-14,23-24H,5,15H2,1-4H3,(H,27,32)/t23-,24-/m0/s1. The lowest BCUT2D eigenvalue weighted by Crippen LogP contribution is -2.35. The van der Waals surface area contributed by atoms with Crippen LogP contribution >= 0.6 is 12.2 Å². The van der Waals surface area contributed by atoms with Crippen molar-refractivity contribution in [2.24, 2.45) is 0 Å². The topological polar surface area (TPSA) is 59.4 Å². The molecule has 1 fully saturated rings. The first kappa shape index (κ1) is 22.0. The number of ether oxygens (including phenoxy) is 1. The lowest BCUT2D eigenvalue weighted by molar-refractivity contribution is -0.143. The van der Waals surface area contributed by atoms with Gasteiger partial charge in [0.25, 0.3) is 0 Å². The molecule has 0 saturated carbocycles. The number of carbonyl (C=O) groups excluding carboxylic acids is 1. The summed E-state index contributed by atoms with van der Waals surface area (Å²) >= 11 is 5.67. The molecule has 1 N–H and O–H groups in total. The predicted octanol–water partition coefficient (Wildman–Crippen LogP) is 4.33. The quantitative estimate of drug-likeness (QED) is 0.447. The van der Waals surface area contributed by atoms with Gasteiger partial charge in [0.05, 0.1) is 24.4 Å². The first-order valence-electron chi connectivity index (χ1n) is 10.8. The molecule has 1 aliphatic heterocycles. The number of para-hydroxylation sites is 1. The van der Waals surface area contributed by atoms with Crippen LogP contribution in [0.5, 0.6) is 0 Å². The number of pyridine rings is 1. The Bertz CT molecular complexity index is 1140. The zero-order valence-corrected chi connectivity index (χ0v) is 19.6. The Morgan fingerprint density at radius 1 is 1.16 bits per heavy atom. The van der Waals surface area contributed by atoms with Crippen LogP contribution in [-0.2, 0) is 9.53 Å². The number of aromatic nitrogens is 2. The molecule has 2 aromatic heterocycles. The highest BCUT2D eigenvalue weighted by molar-refractivity contribution is 7.80. The van der Waals surface area contributed by atoms with Crippen LogP contribution in [0.15, 0.2) is 54.7 Å². The highest BCUT2D eigenvalue weighted by atomic mass is 32.1. The van der Waals surface area contributed by atoms with E-state index in [4.69, 9.17) is 17.0 Å². The van der Waals surface area contributed by atoms with Gasteiger partial charge in [-0.2, -0.15) is 0 Å². The van der Waals surface area contributed by atoms with Gasteiger partial charge in [0.15, 0.2) is 5.11 Å². The smallest absolute Gasteiger partial charge is 0.325 e. The third-order valence-electron chi connectivity index (χ3n) is 5.95. The van der Waals surface area contributed by atoms with Crippen molar-refractivity contribution in [2.45, 2.75) is 39.8 Å². The van der Waals surface area contributed by atoms with Crippen LogP contribution in [-0.4, -0.2) is 38.7 Å². The average Bonchev–Trinajstić information content (AvgIpc) is 3.25. The normalized spacial score (nSPS) is 18.0. The largest absolute Gasteiger partial charge is 0.465 e. The van der Waals surface area contributed by atoms with E-state index in [1.807, 2.05) is 36.1 Å². The summed E-state index contributed by atoms with van der Waals surface area (Å²) in [5.41, 5.74) is 6.58. The van der Waals surface area contributed by atoms with Crippen molar-refractivity contribution >= 4 is 23.3 Å². The van der Waals surface area contributed by atoms with Crippen molar-refractivity contribution in [1.82, 2.24) is 19.8 Å². The van der Waals surface area contributed by atoms with Gasteiger partial charge in [0, 0.05) is 23.3 Å². The lowest BCUT2D eigenvalue weighted by atomic mass is 9.96. The fourth-order valence-electron chi connectivity index (χ4n) is 4.53. The minimum atomic E-state index is -0.295. The van der Waals surface area contributed by atoms with Crippen molar-refractivity contribution in [1.29, 1.82) is 0 Å². The van der Waals surface area contributed by atoms with E-state index in [0.29, 0.717) is 11.7 Å². The molecular formula is C25H28N4O2S. The molecule has 32 heavy (non-hydrogen) atoms. The summed E-state index contributed by atoms with van der Waals surface area (Å²) in [6, 6.07) is 16.0. The maximum absolute atomic E-state index is 12.4. The second kappa shape index (κ2) is 9.12. The Kier molecular flexibility index (Phi) is 6.28. The van der Waals surface area contributed by atoms with E-state index in [0.717, 1.165) is 28.3 Å². The number of nitrogens with one attached hydrogen (secondary N) is 1. The van der Waals surface area contributed by atoms with Crippen LogP contribution in [0.3, 0.4) is 0 Å². The Balaban J connectivity index is 1.83. The molecule has 0 spiro atoms. The molecule has 0 aliphatic carbocycles. The number of rotatable bonds is 6. The summed E-state index contributed by atoms with van der Waals surface area (Å²) in [5.74, 6) is -0.295. The third-order valence-corrected chi connectivity index (χ3v) is 6.30. The summed E-state index contributed by atoms with van der Waals surface area (Å²) in [5, 5.41) is 3.93. The van der Waals surface area contributed by atoms with Crippen LogP contribution in [0.2, 0.25) is 0 Å². The van der Waals surface area contributed by atoms with Crippen molar-refractivity contribution in [3.8, 4) is 5.69 Å². The summed E-state index contributed by atoms with van der Waals surface area (Å²) in [7, 11) is 0. The van der Waals surface area contributed by atoms with Crippen molar-refractivity contribution < 1.29 is 9.53 Å². The number of carbonyl (C=O) groups is 1. The maximum atomic E-state index is 12.4. The van der Waals surface area contributed by atoms with Gasteiger partial charge in [-0.3, -0.25) is 9.78 Å². The number of esters is 1. The van der Waals surface area contributed by atoms with E-state index < -0.39 is 0 Å². The summed E-state index contributed by atoms with van der Waals surface area (Å²) in [6.45, 7) is 8.57. The van der Waals surface area contributed by atoms with Gasteiger partial charge < -0.3 is 19.5 Å². The van der Waals surface area contributed by atoms with Gasteiger partial charge in [-0.15, -0.1) is 0 Å². The Morgan fingerprint density at radius 3 is 2.59 bits per heavy atom. The molecule has 0 amide bonds. The average molecular weight is 449 g/mol. The summed E-state index contributed by atoms with van der Waals surface area (Å²) in [6.07, 6.45) is 1.78. The molecule has 1 aromatic carbocycles. The van der Waals surface area contributed by atoms with E-state index in [1.165, 1.54) is 5.56 Å². The molecule has 6 nitrogen and oxygen atoms in total. The molecular weight excluding hydrogens is 420 g/mol. The molecule has 1 saturated heterocycles. The lowest BCUT2D eigenvalue weighted by Gasteiger charge is -2.27. The molecule has 3 heterocycles. The van der Waals surface area contributed by atoms with E-state index in [2.05, 4.69) is 59.9 Å². The fourth-order valence-corrected chi connectivity index (χ4v) is 4.84. The minimum absolute atomic E-state index is 0.0850. The van der Waals surface area contributed by atoms with Crippen LogP contribution in [0, 0.1) is 20.8 Å². The highest BCUT2D eigenvalue weighted by Crippen LogP contribution is 2.41. The van der Waals surface area contributed by atoms with Gasteiger partial charge in [-0.1, -0.05) is 24.3 Å². The molecule has 166 valence electrons. The molecule has 2 atom stereocenters. The number of thiocarbonyl (C=S) groups is 1. The van der Waals surface area contributed by atoms with Crippen LogP contribution < -0.4 is 5.32 Å². The van der Waals surface area contributed by atoms with E-state index >= 15 is 0 Å². The first-order chi connectivity index (χ1) is 15.4. The fraction of sp³-hybridized carbons (Fsp3) is 0.320. The van der Waals surface area contributed by atoms with Crippen LogP contribution in [0.25, 0.3) is 5.69 Å². The Morgan fingerprint density at radius 2 is 1.91 bits per heavy atom. The second-order valence-electron chi connectivity index (χ2n) is 8.01. The molecule has 7 heteroatoms. The van der Waals surface area contributed by atoms with E-state index in [-0.39, 0.29) is 24.6 Å². The SMILES string of the molecule is CCOC(=O)CN1C(=S)N[C@@H](c2ccccn2)[C@@H]1c1cc(C)n(-c2ccccc2C)c1C. The third kappa shape index (κ3) is 4.00. The van der Waals surface area contributed by atoms with Gasteiger partial charge in [0.2, 0.25) is 0 Å². The van der Waals surface area contributed by atoms with Gasteiger partial charge in [-0.25, -0.2) is 0 Å². The van der Waals surface area contributed by atoms with Crippen molar-refractivity contribution in [3.05, 3.63) is 82.9 Å². The molecule has 0 bridgehead atoms. The zero-order chi connectivity index (χ0) is 22.8. The number of nitrogens with zero attached hydrogens (tertiary/aromatic N) is 3. The monoisotopic (exact) mass is 448 g/mol. The maximum Gasteiger partial charge on any atom is 0.325 e.